The number of rotatable bonds is 3. The highest BCUT2D eigenvalue weighted by molar-refractivity contribution is 5.19. The smallest absolute Gasteiger partial charge is 0.123 e. The molecule has 1 heterocycles. The molecular formula is C12H14FN3. The van der Waals surface area contributed by atoms with Crippen molar-refractivity contribution >= 4 is 0 Å². The number of hydrogen-bond donors (Lipinski definition) is 1. The van der Waals surface area contributed by atoms with Crippen LogP contribution in [0.15, 0.2) is 30.5 Å². The molecule has 0 saturated heterocycles. The lowest BCUT2D eigenvalue weighted by molar-refractivity contribution is 0.624. The Morgan fingerprint density at radius 1 is 1.31 bits per heavy atom. The number of benzene rings is 1. The number of nitrogens with zero attached hydrogens (tertiary/aromatic N) is 2. The molecular weight excluding hydrogens is 205 g/mol. The molecule has 0 unspecified atom stereocenters. The third-order valence-electron chi connectivity index (χ3n) is 2.53. The van der Waals surface area contributed by atoms with E-state index in [0.29, 0.717) is 13.1 Å². The lowest BCUT2D eigenvalue weighted by atomic mass is 10.2. The van der Waals surface area contributed by atoms with Crippen LogP contribution in [0.2, 0.25) is 0 Å². The lowest BCUT2D eigenvalue weighted by Crippen LogP contribution is -2.00. The van der Waals surface area contributed by atoms with Crippen LogP contribution in [0, 0.1) is 12.7 Å². The number of aromatic nitrogens is 2. The number of hydrogen-bond acceptors (Lipinski definition) is 2. The van der Waals surface area contributed by atoms with E-state index in [0.717, 1.165) is 16.8 Å². The minimum absolute atomic E-state index is 0.219. The molecule has 84 valence electrons. The monoisotopic (exact) mass is 219 g/mol. The Balaban J connectivity index is 2.17. The maximum absolute atomic E-state index is 12.7. The molecule has 0 atom stereocenters. The fourth-order valence-corrected chi connectivity index (χ4v) is 1.62. The topological polar surface area (TPSA) is 43.8 Å². The molecule has 0 aliphatic rings. The number of nitrogens with two attached hydrogens (primary N) is 1. The molecule has 0 bridgehead atoms. The van der Waals surface area contributed by atoms with E-state index in [9.17, 15) is 4.39 Å². The molecule has 0 saturated carbocycles. The second kappa shape index (κ2) is 4.45. The van der Waals surface area contributed by atoms with Crippen molar-refractivity contribution in [3.05, 3.63) is 53.1 Å². The van der Waals surface area contributed by atoms with E-state index in [4.69, 9.17) is 5.73 Å². The van der Waals surface area contributed by atoms with Gasteiger partial charge in [0.15, 0.2) is 0 Å². The zero-order chi connectivity index (χ0) is 11.5. The van der Waals surface area contributed by atoms with Gasteiger partial charge in [-0.15, -0.1) is 0 Å². The summed E-state index contributed by atoms with van der Waals surface area (Å²) in [6.07, 6.45) is 1.93. The van der Waals surface area contributed by atoms with E-state index in [1.807, 2.05) is 17.8 Å². The molecule has 16 heavy (non-hydrogen) atoms. The number of halogens is 1. The second-order valence-electron chi connectivity index (χ2n) is 3.77. The molecule has 0 fully saturated rings. The molecule has 3 nitrogen and oxygen atoms in total. The van der Waals surface area contributed by atoms with Crippen molar-refractivity contribution < 1.29 is 4.39 Å². The molecule has 1 aromatic heterocycles. The van der Waals surface area contributed by atoms with Crippen LogP contribution in [0.4, 0.5) is 4.39 Å². The Labute approximate surface area is 93.7 Å². The zero-order valence-corrected chi connectivity index (χ0v) is 9.15. The first-order valence-electron chi connectivity index (χ1n) is 5.16. The molecule has 0 radical (unpaired) electrons. The van der Waals surface area contributed by atoms with Crippen molar-refractivity contribution in [2.75, 3.05) is 0 Å². The summed E-state index contributed by atoms with van der Waals surface area (Å²) >= 11 is 0. The molecule has 2 rings (SSSR count). The molecule has 0 spiro atoms. The van der Waals surface area contributed by atoms with E-state index in [1.165, 1.54) is 12.1 Å². The fourth-order valence-electron chi connectivity index (χ4n) is 1.62. The van der Waals surface area contributed by atoms with Crippen LogP contribution in [-0.4, -0.2) is 9.78 Å². The largest absolute Gasteiger partial charge is 0.326 e. The Bertz CT molecular complexity index is 474. The van der Waals surface area contributed by atoms with Crippen LogP contribution in [0.1, 0.15) is 16.8 Å². The van der Waals surface area contributed by atoms with Crippen molar-refractivity contribution in [3.63, 3.8) is 0 Å². The SMILES string of the molecule is Cc1nn(Cc2ccc(F)cc2)cc1CN. The Hall–Kier alpha value is -1.68. The Morgan fingerprint density at radius 2 is 2.00 bits per heavy atom. The van der Waals surface area contributed by atoms with E-state index < -0.39 is 0 Å². The highest BCUT2D eigenvalue weighted by atomic mass is 19.1. The summed E-state index contributed by atoms with van der Waals surface area (Å²) in [4.78, 5) is 0. The summed E-state index contributed by atoms with van der Waals surface area (Å²) in [5, 5.41) is 4.34. The maximum atomic E-state index is 12.7. The quantitative estimate of drug-likeness (QED) is 0.856. The second-order valence-corrected chi connectivity index (χ2v) is 3.77. The molecule has 4 heteroatoms. The zero-order valence-electron chi connectivity index (χ0n) is 9.15. The third-order valence-corrected chi connectivity index (χ3v) is 2.53. The van der Waals surface area contributed by atoms with Crippen LogP contribution >= 0.6 is 0 Å². The van der Waals surface area contributed by atoms with Crippen LogP contribution in [0.5, 0.6) is 0 Å². The summed E-state index contributed by atoms with van der Waals surface area (Å²) in [6, 6.07) is 6.42. The first kappa shape index (κ1) is 10.8. The summed E-state index contributed by atoms with van der Waals surface area (Å²) in [7, 11) is 0. The Morgan fingerprint density at radius 3 is 2.56 bits per heavy atom. The van der Waals surface area contributed by atoms with E-state index in [2.05, 4.69) is 5.10 Å². The highest BCUT2D eigenvalue weighted by Crippen LogP contribution is 2.08. The van der Waals surface area contributed by atoms with Gasteiger partial charge in [-0.1, -0.05) is 12.1 Å². The van der Waals surface area contributed by atoms with Crippen molar-refractivity contribution in [2.24, 2.45) is 5.73 Å². The van der Waals surface area contributed by atoms with Gasteiger partial charge in [-0.3, -0.25) is 4.68 Å². The minimum Gasteiger partial charge on any atom is -0.326 e. The maximum Gasteiger partial charge on any atom is 0.123 e. The van der Waals surface area contributed by atoms with Gasteiger partial charge in [0.1, 0.15) is 5.82 Å². The Kier molecular flexibility index (Phi) is 3.01. The van der Waals surface area contributed by atoms with Gasteiger partial charge in [0, 0.05) is 18.3 Å². The summed E-state index contributed by atoms with van der Waals surface area (Å²) in [5.74, 6) is -0.219. The van der Waals surface area contributed by atoms with E-state index in [-0.39, 0.29) is 5.82 Å². The predicted molar refractivity (Wildman–Crippen MR) is 60.4 cm³/mol. The fraction of sp³-hybridized carbons (Fsp3) is 0.250. The van der Waals surface area contributed by atoms with Crippen LogP contribution in [-0.2, 0) is 13.1 Å². The van der Waals surface area contributed by atoms with Crippen LogP contribution in [0.3, 0.4) is 0 Å². The van der Waals surface area contributed by atoms with Gasteiger partial charge in [-0.25, -0.2) is 4.39 Å². The molecule has 0 aliphatic carbocycles. The van der Waals surface area contributed by atoms with Crippen molar-refractivity contribution in [1.82, 2.24) is 9.78 Å². The van der Waals surface area contributed by atoms with Gasteiger partial charge in [-0.2, -0.15) is 5.10 Å². The molecule has 0 aliphatic heterocycles. The van der Waals surface area contributed by atoms with Crippen LogP contribution in [0.25, 0.3) is 0 Å². The number of aryl methyl sites for hydroxylation is 1. The summed E-state index contributed by atoms with van der Waals surface area (Å²) < 4.78 is 14.5. The van der Waals surface area contributed by atoms with Gasteiger partial charge in [-0.05, 0) is 24.6 Å². The lowest BCUT2D eigenvalue weighted by Gasteiger charge is -2.01. The van der Waals surface area contributed by atoms with Gasteiger partial charge in [0.05, 0.1) is 12.2 Å². The van der Waals surface area contributed by atoms with Crippen molar-refractivity contribution in [1.29, 1.82) is 0 Å². The van der Waals surface area contributed by atoms with Gasteiger partial charge in [0.2, 0.25) is 0 Å². The first-order valence-corrected chi connectivity index (χ1v) is 5.16. The average Bonchev–Trinajstić information content (AvgIpc) is 2.62. The highest BCUT2D eigenvalue weighted by Gasteiger charge is 2.03. The van der Waals surface area contributed by atoms with Crippen molar-refractivity contribution in [2.45, 2.75) is 20.0 Å². The van der Waals surface area contributed by atoms with Gasteiger partial charge >= 0.3 is 0 Å². The molecule has 0 amide bonds. The van der Waals surface area contributed by atoms with Gasteiger partial charge in [0.25, 0.3) is 0 Å². The first-order chi connectivity index (χ1) is 7.69. The normalized spacial score (nSPS) is 10.7. The summed E-state index contributed by atoms with van der Waals surface area (Å²) in [6.45, 7) is 3.07. The van der Waals surface area contributed by atoms with Gasteiger partial charge < -0.3 is 5.73 Å². The standard InChI is InChI=1S/C12H14FN3/c1-9-11(6-14)8-16(15-9)7-10-2-4-12(13)5-3-10/h2-5,8H,6-7,14H2,1H3. The predicted octanol–water partition coefficient (Wildman–Crippen LogP) is 1.84. The molecule has 1 aromatic carbocycles. The average molecular weight is 219 g/mol. The molecule has 2 N–H and O–H groups in total. The third kappa shape index (κ3) is 2.28. The summed E-state index contributed by atoms with van der Waals surface area (Å²) in [5.41, 5.74) is 8.59. The van der Waals surface area contributed by atoms with E-state index >= 15 is 0 Å². The van der Waals surface area contributed by atoms with E-state index in [1.54, 1.807) is 12.1 Å². The van der Waals surface area contributed by atoms with Crippen molar-refractivity contribution in [3.8, 4) is 0 Å². The van der Waals surface area contributed by atoms with Crippen LogP contribution < -0.4 is 5.73 Å². The minimum atomic E-state index is -0.219. The molecule has 2 aromatic rings.